The van der Waals surface area contributed by atoms with E-state index in [1.807, 2.05) is 54.2 Å². The Morgan fingerprint density at radius 2 is 1.71 bits per heavy atom. The maximum Gasteiger partial charge on any atom is 0.303 e. The molecular weight excluding hydrogens is 482 g/mol. The molecular formula is C29H29N5O4. The lowest BCUT2D eigenvalue weighted by Gasteiger charge is -2.08. The highest BCUT2D eigenvalue weighted by Crippen LogP contribution is 2.27. The van der Waals surface area contributed by atoms with Crippen LogP contribution in [0.15, 0.2) is 72.9 Å². The number of carbonyl (C=O) groups excluding carboxylic acids is 1. The summed E-state index contributed by atoms with van der Waals surface area (Å²) in [6.07, 6.45) is 2.47. The highest BCUT2D eigenvalue weighted by molar-refractivity contribution is 5.93. The van der Waals surface area contributed by atoms with E-state index >= 15 is 0 Å². The minimum absolute atomic E-state index is 0.130. The molecule has 1 amide bonds. The lowest BCUT2D eigenvalue weighted by molar-refractivity contribution is -0.136. The van der Waals surface area contributed by atoms with Crippen LogP contribution in [0, 0.1) is 20.8 Å². The molecule has 38 heavy (non-hydrogen) atoms. The summed E-state index contributed by atoms with van der Waals surface area (Å²) in [7, 11) is 0. The summed E-state index contributed by atoms with van der Waals surface area (Å²) in [6, 6.07) is 20.2. The van der Waals surface area contributed by atoms with E-state index in [0.717, 1.165) is 39.6 Å². The van der Waals surface area contributed by atoms with Gasteiger partial charge in [0.25, 0.3) is 0 Å². The number of fused-ring (bicyclic) bond motifs is 1. The molecule has 0 saturated heterocycles. The zero-order valence-corrected chi connectivity index (χ0v) is 21.4. The second kappa shape index (κ2) is 11.0. The number of phenols is 1. The van der Waals surface area contributed by atoms with Crippen LogP contribution >= 0.6 is 0 Å². The Labute approximate surface area is 219 Å². The smallest absolute Gasteiger partial charge is 0.303 e. The van der Waals surface area contributed by atoms with Crippen molar-refractivity contribution in [2.75, 3.05) is 0 Å². The summed E-state index contributed by atoms with van der Waals surface area (Å²) in [5.41, 5.74) is 13.4. The molecule has 3 heterocycles. The predicted molar refractivity (Wildman–Crippen MR) is 145 cm³/mol. The number of amides is 1. The summed E-state index contributed by atoms with van der Waals surface area (Å²) < 4.78 is 3.91. The monoisotopic (exact) mass is 511 g/mol. The van der Waals surface area contributed by atoms with Gasteiger partial charge in [-0.05, 0) is 75.2 Å². The van der Waals surface area contributed by atoms with Crippen LogP contribution in [-0.4, -0.2) is 41.3 Å². The largest absolute Gasteiger partial charge is 0.508 e. The fraction of sp³-hybridized carbons (Fsp3) is 0.172. The highest BCUT2D eigenvalue weighted by atomic mass is 16.4. The van der Waals surface area contributed by atoms with Gasteiger partial charge in [0.05, 0.1) is 22.8 Å². The van der Waals surface area contributed by atoms with Gasteiger partial charge in [-0.25, -0.2) is 9.67 Å². The summed E-state index contributed by atoms with van der Waals surface area (Å²) in [5, 5.41) is 21.9. The number of carboxylic acid groups (broad SMARTS) is 1. The molecule has 0 unspecified atom stereocenters. The molecule has 0 aliphatic heterocycles. The number of primary amides is 1. The van der Waals surface area contributed by atoms with Crippen molar-refractivity contribution in [1.82, 2.24) is 19.2 Å². The average molecular weight is 512 g/mol. The summed E-state index contributed by atoms with van der Waals surface area (Å²) >= 11 is 0. The van der Waals surface area contributed by atoms with Gasteiger partial charge in [-0.15, -0.1) is 0 Å². The number of carboxylic acids is 1. The maximum atomic E-state index is 11.4. The molecule has 0 radical (unpaired) electrons. The van der Waals surface area contributed by atoms with Crippen molar-refractivity contribution in [2.24, 2.45) is 5.73 Å². The highest BCUT2D eigenvalue weighted by Gasteiger charge is 2.14. The number of aryl methyl sites for hydroxylation is 4. The predicted octanol–water partition coefficient (Wildman–Crippen LogP) is 4.62. The molecule has 5 aromatic rings. The van der Waals surface area contributed by atoms with E-state index in [1.165, 1.54) is 0 Å². The lowest BCUT2D eigenvalue weighted by atomic mass is 10.1. The van der Waals surface area contributed by atoms with Crippen molar-refractivity contribution in [1.29, 1.82) is 0 Å². The SMILES string of the molecule is Cc1cc(C)n(-c2cccc(-c3c(C)nc4cc(C(N)=O)ccn34)c2)n1.O=C(O)CCc1ccc(O)cc1. The fourth-order valence-corrected chi connectivity index (χ4v) is 4.25. The number of hydrogen-bond donors (Lipinski definition) is 3. The first-order chi connectivity index (χ1) is 18.1. The molecule has 0 atom stereocenters. The topological polar surface area (TPSA) is 136 Å². The van der Waals surface area contributed by atoms with Crippen molar-refractivity contribution in [3.05, 3.63) is 101 Å². The zero-order chi connectivity index (χ0) is 27.4. The molecule has 0 aliphatic carbocycles. The first-order valence-electron chi connectivity index (χ1n) is 12.0. The van der Waals surface area contributed by atoms with Crippen LogP contribution in [0.25, 0.3) is 22.6 Å². The van der Waals surface area contributed by atoms with Crippen molar-refractivity contribution >= 4 is 17.5 Å². The second-order valence-electron chi connectivity index (χ2n) is 9.00. The number of aromatic hydroxyl groups is 1. The van der Waals surface area contributed by atoms with E-state index in [1.54, 1.807) is 36.4 Å². The van der Waals surface area contributed by atoms with Gasteiger partial charge in [0.2, 0.25) is 5.91 Å². The maximum absolute atomic E-state index is 11.4. The summed E-state index contributed by atoms with van der Waals surface area (Å²) in [6.45, 7) is 5.98. The molecule has 3 aromatic heterocycles. The first kappa shape index (κ1) is 26.2. The third-order valence-corrected chi connectivity index (χ3v) is 6.02. The number of aliphatic carboxylic acids is 1. The Morgan fingerprint density at radius 1 is 0.974 bits per heavy atom. The minimum Gasteiger partial charge on any atom is -0.508 e. The van der Waals surface area contributed by atoms with Crippen molar-refractivity contribution in [3.63, 3.8) is 0 Å². The Balaban J connectivity index is 0.000000236. The van der Waals surface area contributed by atoms with E-state index in [2.05, 4.69) is 22.2 Å². The number of nitrogens with two attached hydrogens (primary N) is 1. The van der Waals surface area contributed by atoms with Crippen LogP contribution in [0.1, 0.15) is 39.4 Å². The van der Waals surface area contributed by atoms with Gasteiger partial charge >= 0.3 is 5.97 Å². The minimum atomic E-state index is -0.803. The molecule has 9 nitrogen and oxygen atoms in total. The number of nitrogens with zero attached hydrogens (tertiary/aromatic N) is 4. The van der Waals surface area contributed by atoms with Gasteiger partial charge < -0.3 is 15.9 Å². The quantitative estimate of drug-likeness (QED) is 0.304. The van der Waals surface area contributed by atoms with E-state index < -0.39 is 11.9 Å². The van der Waals surface area contributed by atoms with Crippen molar-refractivity contribution < 1.29 is 19.8 Å². The number of benzene rings is 2. The van der Waals surface area contributed by atoms with Crippen LogP contribution in [-0.2, 0) is 11.2 Å². The molecule has 0 bridgehead atoms. The Kier molecular flexibility index (Phi) is 7.57. The Morgan fingerprint density at radius 3 is 2.34 bits per heavy atom. The third-order valence-electron chi connectivity index (χ3n) is 6.02. The fourth-order valence-electron chi connectivity index (χ4n) is 4.25. The van der Waals surface area contributed by atoms with Gasteiger partial charge in [0.15, 0.2) is 0 Å². The standard InChI is InChI=1S/C20H19N5O.C9H10O3/c1-12-9-13(2)25(23-12)17-6-4-5-15(10-17)19-14(3)22-18-11-16(20(21)26)7-8-24(18)19;10-8-4-1-7(2-5-8)3-6-9(11)12/h4-11H,1-3H3,(H2,21,26);1-2,4-5,10H,3,6H2,(H,11,12). The molecule has 4 N–H and O–H groups in total. The first-order valence-corrected chi connectivity index (χ1v) is 12.0. The second-order valence-corrected chi connectivity index (χ2v) is 9.00. The molecule has 194 valence electrons. The van der Waals surface area contributed by atoms with Gasteiger partial charge in [-0.1, -0.05) is 24.3 Å². The molecule has 0 spiro atoms. The zero-order valence-electron chi connectivity index (χ0n) is 21.4. The number of hydrogen-bond acceptors (Lipinski definition) is 5. The summed E-state index contributed by atoms with van der Waals surface area (Å²) in [4.78, 5) is 26.2. The van der Waals surface area contributed by atoms with Gasteiger partial charge in [0, 0.05) is 29.4 Å². The average Bonchev–Trinajstić information content (AvgIpc) is 3.40. The van der Waals surface area contributed by atoms with E-state index in [9.17, 15) is 9.59 Å². The molecule has 0 fully saturated rings. The Bertz CT molecular complexity index is 1620. The number of aromatic nitrogens is 4. The van der Waals surface area contributed by atoms with Gasteiger partial charge in [-0.3, -0.25) is 14.0 Å². The van der Waals surface area contributed by atoms with Gasteiger partial charge in [-0.2, -0.15) is 5.10 Å². The van der Waals surface area contributed by atoms with Crippen LogP contribution in [0.2, 0.25) is 0 Å². The molecule has 0 aliphatic rings. The van der Waals surface area contributed by atoms with E-state index in [4.69, 9.17) is 15.9 Å². The van der Waals surface area contributed by atoms with Crippen LogP contribution in [0.3, 0.4) is 0 Å². The van der Waals surface area contributed by atoms with Crippen LogP contribution < -0.4 is 5.73 Å². The number of pyridine rings is 1. The van der Waals surface area contributed by atoms with Gasteiger partial charge in [0.1, 0.15) is 11.4 Å². The third kappa shape index (κ3) is 5.89. The van der Waals surface area contributed by atoms with E-state index in [0.29, 0.717) is 17.6 Å². The van der Waals surface area contributed by atoms with Crippen LogP contribution in [0.4, 0.5) is 0 Å². The number of imidazole rings is 1. The van der Waals surface area contributed by atoms with Crippen molar-refractivity contribution in [3.8, 4) is 22.7 Å². The molecule has 2 aromatic carbocycles. The van der Waals surface area contributed by atoms with Crippen molar-refractivity contribution in [2.45, 2.75) is 33.6 Å². The van der Waals surface area contributed by atoms with E-state index in [-0.39, 0.29) is 12.2 Å². The molecule has 5 rings (SSSR count). The number of phenolic OH excluding ortho intramolecular Hbond substituents is 1. The number of carbonyl (C=O) groups is 2. The lowest BCUT2D eigenvalue weighted by Crippen LogP contribution is -2.11. The summed E-state index contributed by atoms with van der Waals surface area (Å²) in [5.74, 6) is -1.06. The molecule has 0 saturated carbocycles. The normalized spacial score (nSPS) is 10.7. The van der Waals surface area contributed by atoms with Crippen LogP contribution in [0.5, 0.6) is 5.75 Å². The molecule has 9 heteroatoms. The Hall–Kier alpha value is -4.92. The number of rotatable bonds is 6.